The Kier molecular flexibility index (Phi) is 5.17. The lowest BCUT2D eigenvalue weighted by Crippen LogP contribution is -2.27. The highest BCUT2D eigenvalue weighted by Gasteiger charge is 2.14. The van der Waals surface area contributed by atoms with Crippen LogP contribution in [0.15, 0.2) is 18.2 Å². The van der Waals surface area contributed by atoms with Gasteiger partial charge in [-0.25, -0.2) is 0 Å². The molecule has 3 N–H and O–H groups in total. The van der Waals surface area contributed by atoms with Crippen LogP contribution in [-0.4, -0.2) is 35.7 Å². The van der Waals surface area contributed by atoms with Gasteiger partial charge in [-0.1, -0.05) is 6.92 Å². The van der Waals surface area contributed by atoms with E-state index in [2.05, 4.69) is 5.32 Å². The van der Waals surface area contributed by atoms with E-state index in [9.17, 15) is 14.7 Å². The largest absolute Gasteiger partial charge is 0.507 e. The molecule has 0 radical (unpaired) electrons. The van der Waals surface area contributed by atoms with E-state index in [1.807, 2.05) is 0 Å². The number of phenolic OH excluding ortho intramolecular Hbond substituents is 1. The third kappa shape index (κ3) is 4.17. The first-order valence-electron chi connectivity index (χ1n) is 5.83. The van der Waals surface area contributed by atoms with Crippen molar-refractivity contribution in [3.05, 3.63) is 23.8 Å². The fourth-order valence-electron chi connectivity index (χ4n) is 1.45. The zero-order chi connectivity index (χ0) is 14.4. The number of carbonyl (C=O) groups is 2. The van der Waals surface area contributed by atoms with E-state index in [4.69, 9.17) is 9.84 Å². The number of aromatic hydroxyl groups is 1. The number of hydrogen-bond acceptors (Lipinski definition) is 4. The number of nitrogens with one attached hydrogen (secondary N) is 1. The second-order valence-corrected chi connectivity index (χ2v) is 4.17. The molecule has 1 amide bonds. The van der Waals surface area contributed by atoms with Crippen LogP contribution in [0, 0.1) is 5.92 Å². The fourth-order valence-corrected chi connectivity index (χ4v) is 1.45. The van der Waals surface area contributed by atoms with Crippen LogP contribution in [0.5, 0.6) is 11.5 Å². The summed E-state index contributed by atoms with van der Waals surface area (Å²) < 4.78 is 4.91. The molecule has 0 spiro atoms. The lowest BCUT2D eigenvalue weighted by atomic mass is 10.1. The Morgan fingerprint density at radius 1 is 1.42 bits per heavy atom. The minimum absolute atomic E-state index is 0.128. The Balaban J connectivity index is 2.57. The number of ether oxygens (including phenoxy) is 1. The van der Waals surface area contributed by atoms with E-state index in [1.165, 1.54) is 19.2 Å². The third-order valence-corrected chi connectivity index (χ3v) is 2.73. The van der Waals surface area contributed by atoms with Gasteiger partial charge in [0.1, 0.15) is 11.5 Å². The minimum atomic E-state index is -0.901. The summed E-state index contributed by atoms with van der Waals surface area (Å²) >= 11 is 0. The number of phenols is 1. The average molecular weight is 267 g/mol. The van der Waals surface area contributed by atoms with Gasteiger partial charge in [-0.05, 0) is 18.6 Å². The van der Waals surface area contributed by atoms with Crippen LogP contribution in [0.25, 0.3) is 0 Å². The monoisotopic (exact) mass is 267 g/mol. The van der Waals surface area contributed by atoms with Crippen LogP contribution < -0.4 is 10.1 Å². The number of methoxy groups -OCH3 is 1. The molecule has 1 atom stereocenters. The number of rotatable bonds is 6. The zero-order valence-corrected chi connectivity index (χ0v) is 10.8. The van der Waals surface area contributed by atoms with Crippen molar-refractivity contribution in [1.82, 2.24) is 5.32 Å². The summed E-state index contributed by atoms with van der Waals surface area (Å²) in [6.45, 7) is 1.80. The van der Waals surface area contributed by atoms with Crippen molar-refractivity contribution in [3.63, 3.8) is 0 Å². The first-order chi connectivity index (χ1) is 8.95. The quantitative estimate of drug-likeness (QED) is 0.720. The highest BCUT2D eigenvalue weighted by Crippen LogP contribution is 2.23. The highest BCUT2D eigenvalue weighted by atomic mass is 16.5. The molecule has 19 heavy (non-hydrogen) atoms. The molecule has 0 aliphatic carbocycles. The van der Waals surface area contributed by atoms with Crippen LogP contribution in [0.3, 0.4) is 0 Å². The van der Waals surface area contributed by atoms with Crippen LogP contribution in [0.4, 0.5) is 0 Å². The van der Waals surface area contributed by atoms with Gasteiger partial charge < -0.3 is 20.3 Å². The molecule has 1 unspecified atom stereocenters. The van der Waals surface area contributed by atoms with Gasteiger partial charge in [-0.2, -0.15) is 0 Å². The van der Waals surface area contributed by atoms with Gasteiger partial charge in [0.05, 0.1) is 18.6 Å². The number of carboxylic acids is 1. The predicted octanol–water partition coefficient (Wildman–Crippen LogP) is 1.24. The molecule has 0 aromatic heterocycles. The number of aliphatic carboxylic acids is 1. The van der Waals surface area contributed by atoms with E-state index in [-0.39, 0.29) is 17.9 Å². The molecule has 0 bridgehead atoms. The van der Waals surface area contributed by atoms with Gasteiger partial charge >= 0.3 is 5.97 Å². The number of benzene rings is 1. The van der Waals surface area contributed by atoms with E-state index in [1.54, 1.807) is 13.0 Å². The van der Waals surface area contributed by atoms with Crippen molar-refractivity contribution in [2.75, 3.05) is 13.7 Å². The summed E-state index contributed by atoms with van der Waals surface area (Å²) in [5.74, 6) is -1.60. The normalized spacial score (nSPS) is 11.7. The average Bonchev–Trinajstić information content (AvgIpc) is 2.37. The maximum absolute atomic E-state index is 11.8. The molecule has 1 aromatic rings. The van der Waals surface area contributed by atoms with Gasteiger partial charge in [0.15, 0.2) is 0 Å². The van der Waals surface area contributed by atoms with Gasteiger partial charge in [-0.3, -0.25) is 9.59 Å². The maximum Gasteiger partial charge on any atom is 0.306 e. The van der Waals surface area contributed by atoms with Crippen molar-refractivity contribution in [2.45, 2.75) is 13.3 Å². The molecule has 0 aliphatic rings. The molecule has 0 saturated carbocycles. The zero-order valence-electron chi connectivity index (χ0n) is 10.8. The van der Waals surface area contributed by atoms with Gasteiger partial charge in [0.25, 0.3) is 5.91 Å². The molecular weight excluding hydrogens is 250 g/mol. The summed E-state index contributed by atoms with van der Waals surface area (Å²) in [5.41, 5.74) is 0.128. The van der Waals surface area contributed by atoms with E-state index in [0.717, 1.165) is 0 Å². The van der Waals surface area contributed by atoms with Crippen LogP contribution in [0.1, 0.15) is 23.7 Å². The van der Waals surface area contributed by atoms with Gasteiger partial charge in [0, 0.05) is 12.6 Å². The third-order valence-electron chi connectivity index (χ3n) is 2.73. The smallest absolute Gasteiger partial charge is 0.306 e. The minimum Gasteiger partial charge on any atom is -0.507 e. The number of hydrogen-bond donors (Lipinski definition) is 3. The molecule has 6 heteroatoms. The topological polar surface area (TPSA) is 95.9 Å². The number of amides is 1. The van der Waals surface area contributed by atoms with Crippen molar-refractivity contribution in [3.8, 4) is 11.5 Å². The van der Waals surface area contributed by atoms with Gasteiger partial charge in [0.2, 0.25) is 0 Å². The second-order valence-electron chi connectivity index (χ2n) is 4.17. The molecule has 0 heterocycles. The molecule has 1 aromatic carbocycles. The lowest BCUT2D eigenvalue weighted by molar-refractivity contribution is -0.141. The van der Waals surface area contributed by atoms with Crippen molar-refractivity contribution in [1.29, 1.82) is 0 Å². The summed E-state index contributed by atoms with van der Waals surface area (Å²) in [5, 5.41) is 20.9. The van der Waals surface area contributed by atoms with Crippen molar-refractivity contribution < 1.29 is 24.5 Å². The van der Waals surface area contributed by atoms with Crippen molar-refractivity contribution in [2.24, 2.45) is 5.92 Å². The predicted molar refractivity (Wildman–Crippen MR) is 68.4 cm³/mol. The van der Waals surface area contributed by atoms with Crippen LogP contribution in [-0.2, 0) is 4.79 Å². The number of carbonyl (C=O) groups excluding carboxylic acids is 1. The van der Waals surface area contributed by atoms with Crippen molar-refractivity contribution >= 4 is 11.9 Å². The maximum atomic E-state index is 11.8. The molecule has 6 nitrogen and oxygen atoms in total. The fraction of sp³-hybridized carbons (Fsp3) is 0.385. The Morgan fingerprint density at radius 2 is 2.11 bits per heavy atom. The highest BCUT2D eigenvalue weighted by molar-refractivity contribution is 5.97. The Hall–Kier alpha value is -2.24. The number of carboxylic acid groups (broad SMARTS) is 1. The lowest BCUT2D eigenvalue weighted by Gasteiger charge is -2.09. The molecule has 104 valence electrons. The second kappa shape index (κ2) is 6.63. The summed E-state index contributed by atoms with van der Waals surface area (Å²) in [6.07, 6.45) is 0.331. The molecule has 1 rings (SSSR count). The Bertz CT molecular complexity index is 472. The first kappa shape index (κ1) is 14.8. The van der Waals surface area contributed by atoms with E-state index >= 15 is 0 Å². The Morgan fingerprint density at radius 3 is 2.63 bits per heavy atom. The SMILES string of the molecule is COc1ccc(C(=O)NCCC(C)C(=O)O)c(O)c1. The summed E-state index contributed by atoms with van der Waals surface area (Å²) in [7, 11) is 1.46. The Labute approximate surface area is 111 Å². The van der Waals surface area contributed by atoms with E-state index in [0.29, 0.717) is 12.2 Å². The molecule has 0 saturated heterocycles. The molecule has 0 fully saturated rings. The molecule has 0 aliphatic heterocycles. The van der Waals surface area contributed by atoms with Crippen LogP contribution in [0.2, 0.25) is 0 Å². The van der Waals surface area contributed by atoms with Crippen LogP contribution >= 0.6 is 0 Å². The molecular formula is C13H17NO5. The summed E-state index contributed by atoms with van der Waals surface area (Å²) in [6, 6.07) is 4.35. The first-order valence-corrected chi connectivity index (χ1v) is 5.83. The standard InChI is InChI=1S/C13H17NO5/c1-8(13(17)18)5-6-14-12(16)10-4-3-9(19-2)7-11(10)15/h3-4,7-8,15H,5-6H2,1-2H3,(H,14,16)(H,17,18). The summed E-state index contributed by atoms with van der Waals surface area (Å²) in [4.78, 5) is 22.4. The van der Waals surface area contributed by atoms with E-state index < -0.39 is 17.8 Å². The van der Waals surface area contributed by atoms with Gasteiger partial charge in [-0.15, -0.1) is 0 Å².